The SMILES string of the molecule is CCCCCOc1ccc(CN[C@H](CO)C(C)C)cc1. The van der Waals surface area contributed by atoms with Crippen molar-refractivity contribution in [2.45, 2.75) is 52.6 Å². The van der Waals surface area contributed by atoms with Gasteiger partial charge in [0.05, 0.1) is 13.2 Å². The van der Waals surface area contributed by atoms with E-state index in [1.54, 1.807) is 0 Å². The van der Waals surface area contributed by atoms with Gasteiger partial charge >= 0.3 is 0 Å². The van der Waals surface area contributed by atoms with E-state index < -0.39 is 0 Å². The molecule has 0 aliphatic carbocycles. The van der Waals surface area contributed by atoms with E-state index in [4.69, 9.17) is 4.74 Å². The van der Waals surface area contributed by atoms with Crippen LogP contribution in [0.4, 0.5) is 0 Å². The second-order valence-electron chi connectivity index (χ2n) is 5.61. The molecule has 0 radical (unpaired) electrons. The third kappa shape index (κ3) is 6.40. The van der Waals surface area contributed by atoms with Crippen molar-refractivity contribution >= 4 is 0 Å². The van der Waals surface area contributed by atoms with Crippen LogP contribution in [-0.2, 0) is 6.54 Å². The normalized spacial score (nSPS) is 12.7. The minimum atomic E-state index is 0.153. The van der Waals surface area contributed by atoms with E-state index in [9.17, 15) is 5.11 Å². The van der Waals surface area contributed by atoms with Gasteiger partial charge in [-0.25, -0.2) is 0 Å². The van der Waals surface area contributed by atoms with E-state index in [1.165, 1.54) is 18.4 Å². The van der Waals surface area contributed by atoms with Crippen molar-refractivity contribution in [1.29, 1.82) is 0 Å². The number of hydrogen-bond acceptors (Lipinski definition) is 3. The Morgan fingerprint density at radius 1 is 1.15 bits per heavy atom. The standard InChI is InChI=1S/C17H29NO2/c1-4-5-6-11-20-16-9-7-15(8-10-16)12-18-17(13-19)14(2)3/h7-10,14,17-19H,4-6,11-13H2,1-3H3/t17-/m1/s1. The summed E-state index contributed by atoms with van der Waals surface area (Å²) in [6.45, 7) is 8.17. The summed E-state index contributed by atoms with van der Waals surface area (Å²) in [6, 6.07) is 8.35. The zero-order valence-corrected chi connectivity index (χ0v) is 13.1. The molecule has 0 saturated heterocycles. The summed E-state index contributed by atoms with van der Waals surface area (Å²) in [7, 11) is 0. The highest BCUT2D eigenvalue weighted by molar-refractivity contribution is 5.27. The van der Waals surface area contributed by atoms with Gasteiger partial charge in [-0.3, -0.25) is 0 Å². The van der Waals surface area contributed by atoms with E-state index in [-0.39, 0.29) is 12.6 Å². The molecule has 1 rings (SSSR count). The lowest BCUT2D eigenvalue weighted by Gasteiger charge is -2.20. The minimum absolute atomic E-state index is 0.153. The zero-order valence-electron chi connectivity index (χ0n) is 13.1. The van der Waals surface area contributed by atoms with Crippen LogP contribution >= 0.6 is 0 Å². The molecule has 0 unspecified atom stereocenters. The Morgan fingerprint density at radius 3 is 2.40 bits per heavy atom. The lowest BCUT2D eigenvalue weighted by molar-refractivity contribution is 0.210. The quantitative estimate of drug-likeness (QED) is 0.645. The molecule has 0 aliphatic heterocycles. The van der Waals surface area contributed by atoms with Crippen LogP contribution in [0.15, 0.2) is 24.3 Å². The number of nitrogens with one attached hydrogen (secondary N) is 1. The van der Waals surface area contributed by atoms with Crippen LogP contribution in [0, 0.1) is 5.92 Å². The van der Waals surface area contributed by atoms with Gasteiger partial charge in [0.1, 0.15) is 5.75 Å². The Bertz CT molecular complexity index is 349. The monoisotopic (exact) mass is 279 g/mol. The van der Waals surface area contributed by atoms with Gasteiger partial charge in [0.15, 0.2) is 0 Å². The molecule has 0 bridgehead atoms. The Morgan fingerprint density at radius 2 is 1.85 bits per heavy atom. The topological polar surface area (TPSA) is 41.5 Å². The highest BCUT2D eigenvalue weighted by atomic mass is 16.5. The molecule has 2 N–H and O–H groups in total. The summed E-state index contributed by atoms with van der Waals surface area (Å²) < 4.78 is 5.69. The molecular weight excluding hydrogens is 250 g/mol. The molecule has 3 nitrogen and oxygen atoms in total. The molecule has 0 saturated carbocycles. The van der Waals surface area contributed by atoms with Gasteiger partial charge < -0.3 is 15.2 Å². The summed E-state index contributed by atoms with van der Waals surface area (Å²) in [6.07, 6.45) is 3.56. The van der Waals surface area contributed by atoms with Crippen LogP contribution in [-0.4, -0.2) is 24.4 Å². The first-order valence-corrected chi connectivity index (χ1v) is 7.73. The molecule has 0 aromatic heterocycles. The van der Waals surface area contributed by atoms with Gasteiger partial charge in [0.2, 0.25) is 0 Å². The fourth-order valence-electron chi connectivity index (χ4n) is 2.01. The molecular formula is C17H29NO2. The van der Waals surface area contributed by atoms with Gasteiger partial charge in [0.25, 0.3) is 0 Å². The summed E-state index contributed by atoms with van der Waals surface area (Å²) in [5.74, 6) is 1.37. The number of hydrogen-bond donors (Lipinski definition) is 2. The van der Waals surface area contributed by atoms with Crippen molar-refractivity contribution in [1.82, 2.24) is 5.32 Å². The van der Waals surface area contributed by atoms with E-state index in [0.717, 1.165) is 25.3 Å². The maximum Gasteiger partial charge on any atom is 0.119 e. The summed E-state index contributed by atoms with van der Waals surface area (Å²) >= 11 is 0. The second kappa shape index (κ2) is 9.78. The van der Waals surface area contributed by atoms with Crippen LogP contribution in [0.3, 0.4) is 0 Å². The summed E-state index contributed by atoms with van der Waals surface area (Å²) in [4.78, 5) is 0. The highest BCUT2D eigenvalue weighted by Gasteiger charge is 2.10. The second-order valence-corrected chi connectivity index (χ2v) is 5.61. The number of unbranched alkanes of at least 4 members (excludes halogenated alkanes) is 2. The molecule has 0 fully saturated rings. The van der Waals surface area contributed by atoms with E-state index in [1.807, 2.05) is 12.1 Å². The van der Waals surface area contributed by atoms with Crippen LogP contribution < -0.4 is 10.1 Å². The fourth-order valence-corrected chi connectivity index (χ4v) is 2.01. The van der Waals surface area contributed by atoms with Gasteiger partial charge in [-0.1, -0.05) is 45.7 Å². The third-order valence-corrected chi connectivity index (χ3v) is 3.51. The van der Waals surface area contributed by atoms with E-state index in [2.05, 4.69) is 38.2 Å². The average molecular weight is 279 g/mol. The van der Waals surface area contributed by atoms with Crippen LogP contribution in [0.25, 0.3) is 0 Å². The van der Waals surface area contributed by atoms with Gasteiger partial charge in [-0.05, 0) is 30.0 Å². The van der Waals surface area contributed by atoms with Crippen LogP contribution in [0.2, 0.25) is 0 Å². The van der Waals surface area contributed by atoms with Gasteiger partial charge in [-0.2, -0.15) is 0 Å². The molecule has 0 amide bonds. The summed E-state index contributed by atoms with van der Waals surface area (Å²) in [5, 5.41) is 12.7. The average Bonchev–Trinajstić information content (AvgIpc) is 2.45. The Balaban J connectivity index is 2.34. The van der Waals surface area contributed by atoms with Crippen LogP contribution in [0.5, 0.6) is 5.75 Å². The number of benzene rings is 1. The van der Waals surface area contributed by atoms with Crippen molar-refractivity contribution in [3.05, 3.63) is 29.8 Å². The molecule has 3 heteroatoms. The Kier molecular flexibility index (Phi) is 8.31. The smallest absolute Gasteiger partial charge is 0.119 e. The van der Waals surface area contributed by atoms with E-state index >= 15 is 0 Å². The zero-order chi connectivity index (χ0) is 14.8. The molecule has 114 valence electrons. The van der Waals surface area contributed by atoms with Crippen molar-refractivity contribution in [2.24, 2.45) is 5.92 Å². The van der Waals surface area contributed by atoms with Crippen molar-refractivity contribution < 1.29 is 9.84 Å². The number of aliphatic hydroxyl groups is 1. The van der Waals surface area contributed by atoms with Gasteiger partial charge in [0, 0.05) is 12.6 Å². The Hall–Kier alpha value is -1.06. The molecule has 1 atom stereocenters. The number of aliphatic hydroxyl groups excluding tert-OH is 1. The molecule has 0 heterocycles. The molecule has 0 aliphatic rings. The first-order valence-electron chi connectivity index (χ1n) is 7.73. The maximum absolute atomic E-state index is 9.28. The van der Waals surface area contributed by atoms with Crippen molar-refractivity contribution in [3.8, 4) is 5.75 Å². The molecule has 20 heavy (non-hydrogen) atoms. The molecule has 1 aromatic rings. The van der Waals surface area contributed by atoms with Crippen LogP contribution in [0.1, 0.15) is 45.6 Å². The predicted octanol–water partition coefficient (Wildman–Crippen LogP) is 3.36. The minimum Gasteiger partial charge on any atom is -0.494 e. The first kappa shape index (κ1) is 17.0. The summed E-state index contributed by atoms with van der Waals surface area (Å²) in [5.41, 5.74) is 1.21. The number of ether oxygens (including phenoxy) is 1. The first-order chi connectivity index (χ1) is 9.67. The maximum atomic E-state index is 9.28. The third-order valence-electron chi connectivity index (χ3n) is 3.51. The lowest BCUT2D eigenvalue weighted by atomic mass is 10.1. The van der Waals surface area contributed by atoms with Gasteiger partial charge in [-0.15, -0.1) is 0 Å². The molecule has 1 aromatic carbocycles. The largest absolute Gasteiger partial charge is 0.494 e. The molecule has 0 spiro atoms. The Labute approximate surface area is 123 Å². The predicted molar refractivity (Wildman–Crippen MR) is 84.0 cm³/mol. The van der Waals surface area contributed by atoms with Crippen molar-refractivity contribution in [2.75, 3.05) is 13.2 Å². The fraction of sp³-hybridized carbons (Fsp3) is 0.647. The van der Waals surface area contributed by atoms with E-state index in [0.29, 0.717) is 5.92 Å². The number of rotatable bonds is 10. The highest BCUT2D eigenvalue weighted by Crippen LogP contribution is 2.13. The lowest BCUT2D eigenvalue weighted by Crippen LogP contribution is -2.36. The van der Waals surface area contributed by atoms with Crippen molar-refractivity contribution in [3.63, 3.8) is 0 Å².